The molecule has 0 unspecified atom stereocenters. The fraction of sp³-hybridized carbons (Fsp3) is 0.323. The Morgan fingerprint density at radius 3 is 2.67 bits per heavy atom. The maximum atomic E-state index is 14.0. The minimum atomic E-state index is -0.914. The predicted octanol–water partition coefficient (Wildman–Crippen LogP) is 4.10. The molecule has 2 atom stereocenters. The number of carboxylic acids is 1. The number of carbonyl (C=O) groups excluding carboxylic acids is 2. The van der Waals surface area contributed by atoms with Crippen LogP contribution in [0.5, 0.6) is 0 Å². The number of aliphatic imine (C=N–C) groups is 1. The average Bonchev–Trinajstić information content (AvgIpc) is 3.66. The molecular formula is C31H30ClFN6O5S. The van der Waals surface area contributed by atoms with Crippen LogP contribution in [0.1, 0.15) is 29.1 Å². The van der Waals surface area contributed by atoms with Gasteiger partial charge < -0.3 is 20.1 Å². The maximum Gasteiger partial charge on any atom is 0.338 e. The van der Waals surface area contributed by atoms with E-state index in [0.717, 1.165) is 0 Å². The standard InChI is InChI=1S/C31H30ClFN6O5S/c1-2-44-30(42)26-24(35-28(29-34-9-12-45-29)36-27(26)22-8-5-19(33)14-23(22)32)17-37-10-11-38-21(15-37)16-39(31(38)43)20-6-3-18(4-7-20)13-25(40)41/h3-9,12,14,21,27H,2,10-11,13,15-17H2,1H3,(H,35,36)(H,40,41)/t21-,27-/m0/s1. The first-order chi connectivity index (χ1) is 21.7. The molecule has 11 nitrogen and oxygen atoms in total. The summed E-state index contributed by atoms with van der Waals surface area (Å²) in [5, 5.41) is 15.0. The lowest BCUT2D eigenvalue weighted by atomic mass is 9.95. The predicted molar refractivity (Wildman–Crippen MR) is 167 cm³/mol. The summed E-state index contributed by atoms with van der Waals surface area (Å²) in [7, 11) is 0. The number of amidine groups is 1. The van der Waals surface area contributed by atoms with E-state index < -0.39 is 23.8 Å². The Balaban J connectivity index is 1.27. The van der Waals surface area contributed by atoms with Crippen LogP contribution in [0.15, 0.2) is 70.3 Å². The van der Waals surface area contributed by atoms with Gasteiger partial charge in [0.05, 0.1) is 24.6 Å². The molecule has 0 radical (unpaired) electrons. The summed E-state index contributed by atoms with van der Waals surface area (Å²) in [4.78, 5) is 52.8. The Morgan fingerprint density at radius 2 is 1.98 bits per heavy atom. The van der Waals surface area contributed by atoms with Crippen LogP contribution in [0.25, 0.3) is 0 Å². The molecule has 2 fully saturated rings. The van der Waals surface area contributed by atoms with Crippen molar-refractivity contribution in [2.45, 2.75) is 25.4 Å². The topological polar surface area (TPSA) is 128 Å². The first-order valence-corrected chi connectivity index (χ1v) is 15.7. The molecule has 14 heteroatoms. The highest BCUT2D eigenvalue weighted by atomic mass is 35.5. The number of urea groups is 1. The van der Waals surface area contributed by atoms with Crippen LogP contribution >= 0.6 is 22.9 Å². The number of amides is 2. The molecule has 0 spiro atoms. The van der Waals surface area contributed by atoms with Crippen molar-refractivity contribution in [3.63, 3.8) is 0 Å². The smallest absolute Gasteiger partial charge is 0.338 e. The zero-order valence-corrected chi connectivity index (χ0v) is 25.9. The van der Waals surface area contributed by atoms with Crippen molar-refractivity contribution in [3.05, 3.63) is 92.3 Å². The van der Waals surface area contributed by atoms with E-state index >= 15 is 0 Å². The quantitative estimate of drug-likeness (QED) is 0.331. The Hall–Kier alpha value is -4.33. The molecule has 3 aliphatic rings. The zero-order chi connectivity index (χ0) is 31.7. The maximum absolute atomic E-state index is 14.0. The summed E-state index contributed by atoms with van der Waals surface area (Å²) in [5.41, 5.74) is 2.68. The molecule has 1 aromatic heterocycles. The number of anilines is 1. The van der Waals surface area contributed by atoms with Gasteiger partial charge in [0.25, 0.3) is 0 Å². The summed E-state index contributed by atoms with van der Waals surface area (Å²) in [6.45, 7) is 4.26. The number of carboxylic acid groups (broad SMARTS) is 1. The Labute approximate surface area is 267 Å². The zero-order valence-electron chi connectivity index (χ0n) is 24.3. The lowest BCUT2D eigenvalue weighted by Gasteiger charge is -2.38. The molecule has 234 valence electrons. The Morgan fingerprint density at radius 1 is 1.18 bits per heavy atom. The number of esters is 1. The van der Waals surface area contributed by atoms with Gasteiger partial charge in [0.2, 0.25) is 0 Å². The second kappa shape index (κ2) is 13.0. The number of hydrogen-bond donors (Lipinski definition) is 2. The summed E-state index contributed by atoms with van der Waals surface area (Å²) >= 11 is 7.88. The first kappa shape index (κ1) is 30.7. The molecule has 0 aliphatic carbocycles. The fourth-order valence-electron chi connectivity index (χ4n) is 5.89. The Kier molecular flexibility index (Phi) is 8.83. The van der Waals surface area contributed by atoms with Crippen LogP contribution in [0, 0.1) is 5.82 Å². The van der Waals surface area contributed by atoms with Crippen LogP contribution in [-0.2, 0) is 20.7 Å². The number of hydrogen-bond acceptors (Lipinski definition) is 9. The fourth-order valence-corrected chi connectivity index (χ4v) is 6.75. The molecular weight excluding hydrogens is 623 g/mol. The van der Waals surface area contributed by atoms with E-state index in [1.165, 1.54) is 29.5 Å². The van der Waals surface area contributed by atoms with Crippen molar-refractivity contribution in [3.8, 4) is 0 Å². The third kappa shape index (κ3) is 6.42. The number of benzene rings is 2. The molecule has 6 rings (SSSR count). The Bertz CT molecular complexity index is 1680. The molecule has 0 saturated carbocycles. The minimum Gasteiger partial charge on any atom is -0.481 e. The highest BCUT2D eigenvalue weighted by molar-refractivity contribution is 7.11. The summed E-state index contributed by atoms with van der Waals surface area (Å²) < 4.78 is 19.5. The van der Waals surface area contributed by atoms with Crippen molar-refractivity contribution in [1.82, 2.24) is 20.1 Å². The minimum absolute atomic E-state index is 0.0845. The highest BCUT2D eigenvalue weighted by Gasteiger charge is 2.42. The first-order valence-electron chi connectivity index (χ1n) is 14.4. The van der Waals surface area contributed by atoms with Crippen LogP contribution in [-0.4, -0.2) is 89.1 Å². The SMILES string of the molecule is CCOC(=O)C1=C(CN2CCN3C(=O)N(c4ccc(CC(=O)O)cc4)C[C@@H]3C2)NC(c2nccs2)=N[C@H]1c1ccc(F)cc1Cl. The van der Waals surface area contributed by atoms with Crippen molar-refractivity contribution in [2.75, 3.05) is 44.2 Å². The molecule has 2 amide bonds. The number of halogens is 2. The number of nitrogens with one attached hydrogen (secondary N) is 1. The molecule has 2 N–H and O–H groups in total. The number of fused-ring (bicyclic) bond motifs is 1. The van der Waals surface area contributed by atoms with Crippen molar-refractivity contribution in [1.29, 1.82) is 0 Å². The molecule has 4 heterocycles. The third-order valence-electron chi connectivity index (χ3n) is 7.94. The molecule has 0 bridgehead atoms. The van der Waals surface area contributed by atoms with Gasteiger partial charge in [0, 0.05) is 66.3 Å². The van der Waals surface area contributed by atoms with Gasteiger partial charge in [-0.15, -0.1) is 11.3 Å². The lowest BCUT2D eigenvalue weighted by molar-refractivity contribution is -0.139. The van der Waals surface area contributed by atoms with Crippen LogP contribution in [0.4, 0.5) is 14.9 Å². The molecule has 45 heavy (non-hydrogen) atoms. The average molecular weight is 653 g/mol. The largest absolute Gasteiger partial charge is 0.481 e. The van der Waals surface area contributed by atoms with E-state index in [-0.39, 0.29) is 35.7 Å². The van der Waals surface area contributed by atoms with Gasteiger partial charge in [0.1, 0.15) is 11.9 Å². The number of ether oxygens (including phenoxy) is 1. The van der Waals surface area contributed by atoms with Crippen molar-refractivity contribution < 1.29 is 28.6 Å². The number of aliphatic carboxylic acids is 1. The van der Waals surface area contributed by atoms with Gasteiger partial charge in [0.15, 0.2) is 10.8 Å². The molecule has 2 saturated heterocycles. The lowest BCUT2D eigenvalue weighted by Crippen LogP contribution is -2.53. The van der Waals surface area contributed by atoms with E-state index in [4.69, 9.17) is 26.4 Å². The van der Waals surface area contributed by atoms with Gasteiger partial charge in [-0.3, -0.25) is 19.6 Å². The number of nitrogens with zero attached hydrogens (tertiary/aromatic N) is 5. The monoisotopic (exact) mass is 652 g/mol. The highest BCUT2D eigenvalue weighted by Crippen LogP contribution is 2.37. The number of carbonyl (C=O) groups is 3. The van der Waals surface area contributed by atoms with Crippen molar-refractivity contribution >= 4 is 52.4 Å². The van der Waals surface area contributed by atoms with E-state index in [2.05, 4.69) is 15.2 Å². The van der Waals surface area contributed by atoms with Crippen molar-refractivity contribution in [2.24, 2.45) is 4.99 Å². The van der Waals surface area contributed by atoms with Gasteiger partial charge in [-0.1, -0.05) is 29.8 Å². The summed E-state index contributed by atoms with van der Waals surface area (Å²) in [6, 6.07) is 9.94. The summed E-state index contributed by atoms with van der Waals surface area (Å²) in [6.07, 6.45) is 1.58. The molecule has 3 aromatic rings. The van der Waals surface area contributed by atoms with Gasteiger partial charge in [-0.05, 0) is 36.8 Å². The number of thiazole rings is 1. The molecule has 3 aliphatic heterocycles. The third-order valence-corrected chi connectivity index (χ3v) is 9.04. The van der Waals surface area contributed by atoms with Gasteiger partial charge >= 0.3 is 18.0 Å². The van der Waals surface area contributed by atoms with Gasteiger partial charge in [-0.2, -0.15) is 0 Å². The second-order valence-corrected chi connectivity index (χ2v) is 12.1. The van der Waals surface area contributed by atoms with E-state index in [9.17, 15) is 18.8 Å². The second-order valence-electron chi connectivity index (χ2n) is 10.8. The van der Waals surface area contributed by atoms with Crippen LogP contribution in [0.2, 0.25) is 5.02 Å². The van der Waals surface area contributed by atoms with E-state index in [0.29, 0.717) is 66.1 Å². The van der Waals surface area contributed by atoms with E-state index in [1.807, 2.05) is 10.3 Å². The number of rotatable bonds is 9. The van der Waals surface area contributed by atoms with E-state index in [1.54, 1.807) is 42.3 Å². The normalized spacial score (nSPS) is 20.2. The van der Waals surface area contributed by atoms with Crippen LogP contribution < -0.4 is 10.2 Å². The van der Waals surface area contributed by atoms with Gasteiger partial charge in [-0.25, -0.2) is 19.0 Å². The van der Waals surface area contributed by atoms with Crippen LogP contribution in [0.3, 0.4) is 0 Å². The summed E-state index contributed by atoms with van der Waals surface area (Å²) in [5.74, 6) is -1.51. The number of piperazine rings is 1. The molecule has 2 aromatic carbocycles. The number of aromatic nitrogens is 1.